The van der Waals surface area contributed by atoms with E-state index in [0.717, 1.165) is 18.5 Å². The van der Waals surface area contributed by atoms with Crippen LogP contribution in [0, 0.1) is 0 Å². The summed E-state index contributed by atoms with van der Waals surface area (Å²) in [6.07, 6.45) is 3.72. The average molecular weight is 416 g/mol. The van der Waals surface area contributed by atoms with Crippen LogP contribution in [0.15, 0.2) is 48.7 Å². The second-order valence-corrected chi connectivity index (χ2v) is 7.19. The van der Waals surface area contributed by atoms with E-state index in [9.17, 15) is 9.59 Å². The molecule has 7 heteroatoms. The van der Waals surface area contributed by atoms with Gasteiger partial charge in [0.2, 0.25) is 5.91 Å². The molecule has 164 valence electrons. The van der Waals surface area contributed by atoms with Crippen molar-refractivity contribution in [3.8, 4) is 5.75 Å². The van der Waals surface area contributed by atoms with E-state index >= 15 is 0 Å². The Morgan fingerprint density at radius 2 is 1.77 bits per heavy atom. The summed E-state index contributed by atoms with van der Waals surface area (Å²) in [5, 5.41) is 0. The van der Waals surface area contributed by atoms with Gasteiger partial charge in [-0.3, -0.25) is 9.59 Å². The molecule has 0 saturated heterocycles. The van der Waals surface area contributed by atoms with Crippen molar-refractivity contribution in [2.75, 3.05) is 40.0 Å². The molecule has 0 aliphatic heterocycles. The zero-order valence-corrected chi connectivity index (χ0v) is 18.3. The monoisotopic (exact) mass is 415 g/mol. The second-order valence-electron chi connectivity index (χ2n) is 7.19. The molecule has 0 bridgehead atoms. The van der Waals surface area contributed by atoms with E-state index in [1.807, 2.05) is 48.1 Å². The van der Waals surface area contributed by atoms with Crippen molar-refractivity contribution in [1.29, 1.82) is 0 Å². The predicted octanol–water partition coefficient (Wildman–Crippen LogP) is 2.71. The van der Waals surface area contributed by atoms with Crippen molar-refractivity contribution in [3.63, 3.8) is 0 Å². The maximum absolute atomic E-state index is 13.1. The minimum atomic E-state index is -0.189. The summed E-state index contributed by atoms with van der Waals surface area (Å²) in [5.41, 5.74) is 1.03. The van der Waals surface area contributed by atoms with Crippen molar-refractivity contribution in [2.24, 2.45) is 7.05 Å². The van der Waals surface area contributed by atoms with Crippen molar-refractivity contribution < 1.29 is 19.1 Å². The van der Waals surface area contributed by atoms with Crippen molar-refractivity contribution in [1.82, 2.24) is 14.4 Å². The number of carbonyl (C=O) groups is 2. The third-order valence-electron chi connectivity index (χ3n) is 4.89. The lowest BCUT2D eigenvalue weighted by Gasteiger charge is -2.28. The first-order chi connectivity index (χ1) is 14.5. The van der Waals surface area contributed by atoms with Gasteiger partial charge in [0.25, 0.3) is 5.91 Å². The first kappa shape index (κ1) is 23.5. The molecular formula is C23H33N3O4. The van der Waals surface area contributed by atoms with Gasteiger partial charge in [-0.25, -0.2) is 0 Å². The van der Waals surface area contributed by atoms with Gasteiger partial charge in [-0.1, -0.05) is 31.5 Å². The SMILES string of the molecule is CCCCN(CC(=O)N(CCOC)Cc1cccn1C)C(=O)COc1ccccc1. The number of benzene rings is 1. The number of amides is 2. The molecule has 0 unspecified atom stereocenters. The van der Waals surface area contributed by atoms with Crippen LogP contribution in [0.5, 0.6) is 5.75 Å². The number of unbranched alkanes of at least 4 members (excludes halogenated alkanes) is 1. The molecule has 0 aliphatic carbocycles. The zero-order chi connectivity index (χ0) is 21.8. The van der Waals surface area contributed by atoms with E-state index in [0.29, 0.717) is 32.0 Å². The van der Waals surface area contributed by atoms with Crippen molar-refractivity contribution in [2.45, 2.75) is 26.3 Å². The fraction of sp³-hybridized carbons (Fsp3) is 0.478. The predicted molar refractivity (Wildman–Crippen MR) is 116 cm³/mol. The van der Waals surface area contributed by atoms with Crippen LogP contribution in [-0.4, -0.2) is 66.1 Å². The topological polar surface area (TPSA) is 64.0 Å². The van der Waals surface area contributed by atoms with Gasteiger partial charge in [0.05, 0.1) is 19.7 Å². The van der Waals surface area contributed by atoms with Crippen LogP contribution in [0.25, 0.3) is 0 Å². The Morgan fingerprint density at radius 1 is 1.00 bits per heavy atom. The lowest BCUT2D eigenvalue weighted by Crippen LogP contribution is -2.45. The first-order valence-electron chi connectivity index (χ1n) is 10.4. The van der Waals surface area contributed by atoms with E-state index in [4.69, 9.17) is 9.47 Å². The van der Waals surface area contributed by atoms with Crippen LogP contribution in [0.1, 0.15) is 25.5 Å². The summed E-state index contributed by atoms with van der Waals surface area (Å²) in [6, 6.07) is 13.2. The molecule has 2 amide bonds. The summed E-state index contributed by atoms with van der Waals surface area (Å²) >= 11 is 0. The number of hydrogen-bond donors (Lipinski definition) is 0. The van der Waals surface area contributed by atoms with Gasteiger partial charge < -0.3 is 23.8 Å². The highest BCUT2D eigenvalue weighted by Gasteiger charge is 2.22. The molecule has 2 rings (SSSR count). The van der Waals surface area contributed by atoms with Gasteiger partial charge in [0.1, 0.15) is 5.75 Å². The Balaban J connectivity index is 2.02. The lowest BCUT2D eigenvalue weighted by molar-refractivity contribution is -0.142. The molecule has 30 heavy (non-hydrogen) atoms. The largest absolute Gasteiger partial charge is 0.484 e. The molecule has 7 nitrogen and oxygen atoms in total. The van der Waals surface area contributed by atoms with E-state index in [1.54, 1.807) is 29.0 Å². The minimum Gasteiger partial charge on any atom is -0.484 e. The van der Waals surface area contributed by atoms with Crippen LogP contribution < -0.4 is 4.74 Å². The summed E-state index contributed by atoms with van der Waals surface area (Å²) in [5.74, 6) is 0.349. The summed E-state index contributed by atoms with van der Waals surface area (Å²) in [4.78, 5) is 29.2. The zero-order valence-electron chi connectivity index (χ0n) is 18.3. The third kappa shape index (κ3) is 7.55. The van der Waals surface area contributed by atoms with Crippen molar-refractivity contribution in [3.05, 3.63) is 54.4 Å². The van der Waals surface area contributed by atoms with E-state index in [2.05, 4.69) is 6.92 Å². The summed E-state index contributed by atoms with van der Waals surface area (Å²) < 4.78 is 12.8. The number of aryl methyl sites for hydroxylation is 1. The Labute approximate surface area is 179 Å². The maximum Gasteiger partial charge on any atom is 0.260 e. The van der Waals surface area contributed by atoms with Gasteiger partial charge in [-0.15, -0.1) is 0 Å². The van der Waals surface area contributed by atoms with E-state index in [1.165, 1.54) is 0 Å². The standard InChI is InChI=1S/C23H33N3O4/c1-4-5-14-25(23(28)19-30-21-11-7-6-8-12-21)18-22(27)26(15-16-29-3)17-20-10-9-13-24(20)2/h6-13H,4-5,14-19H2,1-3H3. The fourth-order valence-electron chi connectivity index (χ4n) is 3.01. The summed E-state index contributed by atoms with van der Waals surface area (Å²) in [7, 11) is 3.56. The molecular weight excluding hydrogens is 382 g/mol. The molecule has 2 aromatic rings. The Bertz CT molecular complexity index is 776. The average Bonchev–Trinajstić information content (AvgIpc) is 3.17. The number of methoxy groups -OCH3 is 1. The molecule has 0 atom stereocenters. The summed E-state index contributed by atoms with van der Waals surface area (Å²) in [6.45, 7) is 3.92. The van der Waals surface area contributed by atoms with Crippen LogP contribution in [0.2, 0.25) is 0 Å². The molecule has 0 aliphatic rings. The highest BCUT2D eigenvalue weighted by molar-refractivity contribution is 5.85. The molecule has 0 radical (unpaired) electrons. The number of carbonyl (C=O) groups excluding carboxylic acids is 2. The van der Waals surface area contributed by atoms with Crippen LogP contribution >= 0.6 is 0 Å². The molecule has 1 heterocycles. The third-order valence-corrected chi connectivity index (χ3v) is 4.89. The second kappa shape index (κ2) is 12.7. The van der Waals surface area contributed by atoms with Crippen LogP contribution in [0.3, 0.4) is 0 Å². The van der Waals surface area contributed by atoms with Crippen molar-refractivity contribution >= 4 is 11.8 Å². The Hall–Kier alpha value is -2.80. The number of aromatic nitrogens is 1. The Kier molecular flexibility index (Phi) is 9.94. The highest BCUT2D eigenvalue weighted by atomic mass is 16.5. The number of rotatable bonds is 13. The molecule has 1 aromatic heterocycles. The molecule has 0 saturated carbocycles. The maximum atomic E-state index is 13.1. The Morgan fingerprint density at radius 3 is 2.40 bits per heavy atom. The van der Waals surface area contributed by atoms with Gasteiger partial charge in [0.15, 0.2) is 6.61 Å². The fourth-order valence-corrected chi connectivity index (χ4v) is 3.01. The van der Waals surface area contributed by atoms with Crippen LogP contribution in [-0.2, 0) is 27.9 Å². The number of hydrogen-bond acceptors (Lipinski definition) is 4. The van der Waals surface area contributed by atoms with Gasteiger partial charge in [-0.05, 0) is 30.7 Å². The highest BCUT2D eigenvalue weighted by Crippen LogP contribution is 2.10. The van der Waals surface area contributed by atoms with Gasteiger partial charge in [-0.2, -0.15) is 0 Å². The molecule has 0 N–H and O–H groups in total. The minimum absolute atomic E-state index is 0.0329. The van der Waals surface area contributed by atoms with Gasteiger partial charge in [0, 0.05) is 39.1 Å². The van der Waals surface area contributed by atoms with Gasteiger partial charge >= 0.3 is 0 Å². The molecule has 0 spiro atoms. The first-order valence-corrected chi connectivity index (χ1v) is 10.4. The number of para-hydroxylation sites is 1. The van der Waals surface area contributed by atoms with Crippen LogP contribution in [0.4, 0.5) is 0 Å². The van der Waals surface area contributed by atoms with E-state index < -0.39 is 0 Å². The lowest BCUT2D eigenvalue weighted by atomic mass is 10.3. The molecule has 1 aromatic carbocycles. The smallest absolute Gasteiger partial charge is 0.260 e. The molecule has 0 fully saturated rings. The normalized spacial score (nSPS) is 10.6. The number of ether oxygens (including phenoxy) is 2. The number of nitrogens with zero attached hydrogens (tertiary/aromatic N) is 3. The van der Waals surface area contributed by atoms with E-state index in [-0.39, 0.29) is 25.0 Å². The quantitative estimate of drug-likeness (QED) is 0.505.